The third kappa shape index (κ3) is 4.07. The number of rotatable bonds is 6. The van der Waals surface area contributed by atoms with Crippen molar-refractivity contribution in [3.63, 3.8) is 0 Å². The van der Waals surface area contributed by atoms with Crippen molar-refractivity contribution in [2.75, 3.05) is 7.05 Å². The molecule has 0 unspecified atom stereocenters. The van der Waals surface area contributed by atoms with Gasteiger partial charge in [0, 0.05) is 17.6 Å². The number of nitrogens with one attached hydrogen (secondary N) is 2. The van der Waals surface area contributed by atoms with Crippen LogP contribution in [-0.2, 0) is 23.1 Å². The van der Waals surface area contributed by atoms with Crippen molar-refractivity contribution in [3.05, 3.63) is 45.7 Å². The number of sulfonamides is 1. The lowest BCUT2D eigenvalue weighted by Crippen LogP contribution is -2.24. The molecule has 2 rings (SSSR count). The summed E-state index contributed by atoms with van der Waals surface area (Å²) < 4.78 is 40.5. The molecule has 0 aliphatic heterocycles. The Morgan fingerprint density at radius 2 is 2.10 bits per heavy atom. The molecule has 1 aromatic carbocycles. The fourth-order valence-electron chi connectivity index (χ4n) is 1.79. The number of benzene rings is 1. The maximum absolute atomic E-state index is 13.9. The van der Waals surface area contributed by atoms with E-state index in [1.54, 1.807) is 19.3 Å². The molecule has 5 nitrogen and oxygen atoms in total. The third-order valence-corrected chi connectivity index (χ3v) is 5.10. The van der Waals surface area contributed by atoms with Gasteiger partial charge in [-0.3, -0.25) is 0 Å². The van der Waals surface area contributed by atoms with Crippen LogP contribution in [0.15, 0.2) is 29.3 Å². The fourth-order valence-corrected chi connectivity index (χ4v) is 3.66. The van der Waals surface area contributed by atoms with E-state index in [0.29, 0.717) is 17.1 Å². The predicted octanol–water partition coefficient (Wildman–Crippen LogP) is 1.79. The highest BCUT2D eigenvalue weighted by Gasteiger charge is 2.19. The second-order valence-electron chi connectivity index (χ2n) is 4.48. The maximum atomic E-state index is 13.9. The Balaban J connectivity index is 2.15. The van der Waals surface area contributed by atoms with Crippen LogP contribution in [0.5, 0.6) is 0 Å². The Hall–Kier alpha value is -1.35. The van der Waals surface area contributed by atoms with E-state index < -0.39 is 15.8 Å². The topological polar surface area (TPSA) is 71.1 Å². The summed E-state index contributed by atoms with van der Waals surface area (Å²) in [5.74, 6) is -0.759. The van der Waals surface area contributed by atoms with E-state index in [9.17, 15) is 12.8 Å². The summed E-state index contributed by atoms with van der Waals surface area (Å²) in [6.45, 7) is 2.41. The van der Waals surface area contributed by atoms with Gasteiger partial charge in [-0.15, -0.1) is 11.3 Å². The highest BCUT2D eigenvalue weighted by atomic mass is 32.2. The van der Waals surface area contributed by atoms with Crippen LogP contribution in [0.1, 0.15) is 15.4 Å². The summed E-state index contributed by atoms with van der Waals surface area (Å²) in [7, 11) is -2.15. The van der Waals surface area contributed by atoms with Crippen LogP contribution in [-0.4, -0.2) is 20.4 Å². The van der Waals surface area contributed by atoms with Crippen LogP contribution in [0, 0.1) is 12.7 Å². The van der Waals surface area contributed by atoms with Crippen LogP contribution in [0.2, 0.25) is 0 Å². The molecule has 0 aliphatic rings. The monoisotopic (exact) mass is 329 g/mol. The van der Waals surface area contributed by atoms with Crippen molar-refractivity contribution >= 4 is 21.4 Å². The Morgan fingerprint density at radius 3 is 2.67 bits per heavy atom. The van der Waals surface area contributed by atoms with Gasteiger partial charge in [-0.05, 0) is 31.7 Å². The van der Waals surface area contributed by atoms with E-state index in [1.807, 2.05) is 6.92 Å². The summed E-state index contributed by atoms with van der Waals surface area (Å²) in [5, 5.41) is 3.52. The van der Waals surface area contributed by atoms with Crippen molar-refractivity contribution in [3.8, 4) is 0 Å². The molecule has 21 heavy (non-hydrogen) atoms. The van der Waals surface area contributed by atoms with Gasteiger partial charge < -0.3 is 5.32 Å². The van der Waals surface area contributed by atoms with Crippen molar-refractivity contribution in [2.45, 2.75) is 24.9 Å². The minimum atomic E-state index is -3.89. The molecule has 8 heteroatoms. The van der Waals surface area contributed by atoms with E-state index in [-0.39, 0.29) is 11.4 Å². The average molecular weight is 329 g/mol. The second-order valence-corrected chi connectivity index (χ2v) is 7.54. The zero-order valence-corrected chi connectivity index (χ0v) is 13.3. The van der Waals surface area contributed by atoms with Gasteiger partial charge in [-0.2, -0.15) is 0 Å². The molecule has 1 aromatic heterocycles. The average Bonchev–Trinajstić information content (AvgIpc) is 2.83. The van der Waals surface area contributed by atoms with E-state index in [4.69, 9.17) is 0 Å². The first-order valence-electron chi connectivity index (χ1n) is 6.26. The molecule has 0 aliphatic carbocycles. The first-order valence-corrected chi connectivity index (χ1v) is 8.56. The number of nitrogens with zero attached hydrogens (tertiary/aromatic N) is 1. The molecule has 2 aromatic rings. The number of hydrogen-bond acceptors (Lipinski definition) is 5. The normalized spacial score (nSPS) is 11.8. The molecule has 0 spiro atoms. The van der Waals surface area contributed by atoms with E-state index in [0.717, 1.165) is 4.88 Å². The second kappa shape index (κ2) is 6.61. The van der Waals surface area contributed by atoms with E-state index in [1.165, 1.54) is 23.5 Å². The van der Waals surface area contributed by atoms with Gasteiger partial charge in [0.25, 0.3) is 0 Å². The molecule has 0 atom stereocenters. The Bertz CT molecular complexity index is 729. The largest absolute Gasteiger partial charge is 0.316 e. The minimum absolute atomic E-state index is 0.0541. The zero-order valence-electron chi connectivity index (χ0n) is 11.7. The fraction of sp³-hybridized carbons (Fsp3) is 0.308. The first-order chi connectivity index (χ1) is 9.92. The van der Waals surface area contributed by atoms with Crippen molar-refractivity contribution in [1.29, 1.82) is 0 Å². The molecule has 0 bridgehead atoms. The summed E-state index contributed by atoms with van der Waals surface area (Å²) in [6, 6.07) is 4.08. The molecule has 0 saturated heterocycles. The van der Waals surface area contributed by atoms with Gasteiger partial charge in [-0.1, -0.05) is 6.07 Å². The van der Waals surface area contributed by atoms with Crippen LogP contribution in [0.25, 0.3) is 0 Å². The summed E-state index contributed by atoms with van der Waals surface area (Å²) >= 11 is 1.40. The van der Waals surface area contributed by atoms with Gasteiger partial charge in [-0.25, -0.2) is 22.5 Å². The van der Waals surface area contributed by atoms with Crippen molar-refractivity contribution in [1.82, 2.24) is 15.0 Å². The first kappa shape index (κ1) is 16.0. The Morgan fingerprint density at radius 1 is 1.33 bits per heavy atom. The standard InChI is InChI=1S/C13H16FN3O2S2/c1-9-6-16-13(20-9)8-17-21(18,19)12-4-3-10(7-15-2)5-11(12)14/h3-6,15,17H,7-8H2,1-2H3. The smallest absolute Gasteiger partial charge is 0.243 e. The molecule has 0 amide bonds. The summed E-state index contributed by atoms with van der Waals surface area (Å²) in [6.07, 6.45) is 1.67. The van der Waals surface area contributed by atoms with Crippen molar-refractivity contribution in [2.24, 2.45) is 0 Å². The molecule has 1 heterocycles. The van der Waals surface area contributed by atoms with Gasteiger partial charge in [0.15, 0.2) is 0 Å². The predicted molar refractivity (Wildman–Crippen MR) is 80.0 cm³/mol. The Kier molecular flexibility index (Phi) is 5.04. The number of aryl methyl sites for hydroxylation is 1. The van der Waals surface area contributed by atoms with Crippen LogP contribution < -0.4 is 10.0 Å². The molecule has 0 saturated carbocycles. The maximum Gasteiger partial charge on any atom is 0.243 e. The lowest BCUT2D eigenvalue weighted by Gasteiger charge is -2.08. The van der Waals surface area contributed by atoms with E-state index >= 15 is 0 Å². The third-order valence-electron chi connectivity index (χ3n) is 2.75. The summed E-state index contributed by atoms with van der Waals surface area (Å²) in [5.41, 5.74) is 0.685. The minimum Gasteiger partial charge on any atom is -0.316 e. The lowest BCUT2D eigenvalue weighted by atomic mass is 10.2. The number of hydrogen-bond donors (Lipinski definition) is 2. The molecule has 2 N–H and O–H groups in total. The van der Waals surface area contributed by atoms with Crippen LogP contribution in [0.3, 0.4) is 0 Å². The molecule has 0 fully saturated rings. The Labute approximate surface area is 127 Å². The SMILES string of the molecule is CNCc1ccc(S(=O)(=O)NCc2ncc(C)s2)c(F)c1. The molecular weight excluding hydrogens is 313 g/mol. The van der Waals surface area contributed by atoms with Gasteiger partial charge in [0.2, 0.25) is 10.0 Å². The molecular formula is C13H16FN3O2S2. The van der Waals surface area contributed by atoms with Crippen molar-refractivity contribution < 1.29 is 12.8 Å². The highest BCUT2D eigenvalue weighted by Crippen LogP contribution is 2.17. The van der Waals surface area contributed by atoms with Gasteiger partial charge in [0.1, 0.15) is 15.7 Å². The lowest BCUT2D eigenvalue weighted by molar-refractivity contribution is 0.555. The van der Waals surface area contributed by atoms with Crippen LogP contribution in [0.4, 0.5) is 4.39 Å². The number of aromatic nitrogens is 1. The molecule has 0 radical (unpaired) electrons. The van der Waals surface area contributed by atoms with Gasteiger partial charge in [0.05, 0.1) is 6.54 Å². The highest BCUT2D eigenvalue weighted by molar-refractivity contribution is 7.89. The van der Waals surface area contributed by atoms with Gasteiger partial charge >= 0.3 is 0 Å². The number of thiazole rings is 1. The van der Waals surface area contributed by atoms with E-state index in [2.05, 4.69) is 15.0 Å². The zero-order chi connectivity index (χ0) is 15.5. The van der Waals surface area contributed by atoms with Crippen LogP contribution >= 0.6 is 11.3 Å². The number of halogens is 1. The summed E-state index contributed by atoms with van der Waals surface area (Å²) in [4.78, 5) is 4.70. The quantitative estimate of drug-likeness (QED) is 0.847. The molecule has 114 valence electrons.